The van der Waals surface area contributed by atoms with Crippen molar-refractivity contribution in [2.75, 3.05) is 6.61 Å². The third-order valence-corrected chi connectivity index (χ3v) is 3.31. The van der Waals surface area contributed by atoms with E-state index < -0.39 is 0 Å². The van der Waals surface area contributed by atoms with Crippen molar-refractivity contribution >= 4 is 22.6 Å². The van der Waals surface area contributed by atoms with Gasteiger partial charge in [-0.1, -0.05) is 17.7 Å². The molecule has 0 aliphatic rings. The Morgan fingerprint density at radius 2 is 2.11 bits per heavy atom. The van der Waals surface area contributed by atoms with Crippen LogP contribution in [-0.2, 0) is 6.42 Å². The lowest BCUT2D eigenvalue weighted by atomic mass is 10.1. The minimum Gasteiger partial charge on any atom is -0.461 e. The van der Waals surface area contributed by atoms with Gasteiger partial charge in [-0.15, -0.1) is 0 Å². The van der Waals surface area contributed by atoms with E-state index in [1.807, 2.05) is 30.3 Å². The zero-order valence-electron chi connectivity index (χ0n) is 10.1. The van der Waals surface area contributed by atoms with E-state index in [0.29, 0.717) is 11.4 Å². The number of pyridine rings is 1. The summed E-state index contributed by atoms with van der Waals surface area (Å²) >= 11 is 6.15. The number of aliphatic hydroxyl groups excluding tert-OH is 1. The molecule has 3 nitrogen and oxygen atoms in total. The molecule has 1 aromatic carbocycles. The number of aromatic nitrogens is 1. The third kappa shape index (κ3) is 2.35. The van der Waals surface area contributed by atoms with Crippen LogP contribution in [0.15, 0.2) is 47.1 Å². The molecule has 96 valence electrons. The van der Waals surface area contributed by atoms with E-state index in [1.165, 1.54) is 0 Å². The van der Waals surface area contributed by atoms with Gasteiger partial charge in [0.15, 0.2) is 0 Å². The molecule has 19 heavy (non-hydrogen) atoms. The van der Waals surface area contributed by atoms with Crippen LogP contribution >= 0.6 is 11.6 Å². The average molecular weight is 274 g/mol. The fourth-order valence-electron chi connectivity index (χ4n) is 2.11. The normalized spacial score (nSPS) is 11.1. The van der Waals surface area contributed by atoms with Crippen LogP contribution in [0.4, 0.5) is 0 Å². The van der Waals surface area contributed by atoms with E-state index in [2.05, 4.69) is 4.98 Å². The van der Waals surface area contributed by atoms with Gasteiger partial charge in [0.2, 0.25) is 0 Å². The molecular weight excluding hydrogens is 262 g/mol. The van der Waals surface area contributed by atoms with Gasteiger partial charge in [-0.25, -0.2) is 0 Å². The Labute approximate surface area is 115 Å². The van der Waals surface area contributed by atoms with Crippen LogP contribution in [-0.4, -0.2) is 16.7 Å². The number of hydrogen-bond donors (Lipinski definition) is 1. The molecular formula is C15H12ClNO2. The van der Waals surface area contributed by atoms with E-state index in [9.17, 15) is 0 Å². The summed E-state index contributed by atoms with van der Waals surface area (Å²) in [5.74, 6) is 0.787. The number of fused-ring (bicyclic) bond motifs is 1. The molecule has 0 aliphatic heterocycles. The van der Waals surface area contributed by atoms with Crippen LogP contribution < -0.4 is 0 Å². The summed E-state index contributed by atoms with van der Waals surface area (Å²) < 4.78 is 5.62. The Morgan fingerprint density at radius 3 is 2.89 bits per heavy atom. The van der Waals surface area contributed by atoms with E-state index >= 15 is 0 Å². The second-order valence-corrected chi connectivity index (χ2v) is 4.70. The summed E-state index contributed by atoms with van der Waals surface area (Å²) in [6.07, 6.45) is 3.88. The maximum absolute atomic E-state index is 8.93. The van der Waals surface area contributed by atoms with Gasteiger partial charge in [-0.3, -0.25) is 4.98 Å². The minimum absolute atomic E-state index is 0.0862. The largest absolute Gasteiger partial charge is 0.461 e. The second kappa shape index (κ2) is 5.03. The van der Waals surface area contributed by atoms with E-state index in [1.54, 1.807) is 12.4 Å². The number of halogens is 1. The first-order chi connectivity index (χ1) is 9.28. The van der Waals surface area contributed by atoms with Crippen molar-refractivity contribution in [1.82, 2.24) is 4.98 Å². The van der Waals surface area contributed by atoms with Crippen molar-refractivity contribution in [3.8, 4) is 11.1 Å². The number of benzene rings is 1. The van der Waals surface area contributed by atoms with Crippen LogP contribution in [0, 0.1) is 0 Å². The van der Waals surface area contributed by atoms with Crippen molar-refractivity contribution in [2.24, 2.45) is 0 Å². The Balaban J connectivity index is 2.08. The van der Waals surface area contributed by atoms with Crippen molar-refractivity contribution < 1.29 is 9.52 Å². The van der Waals surface area contributed by atoms with Gasteiger partial charge >= 0.3 is 0 Å². The maximum atomic E-state index is 8.93. The molecule has 0 radical (unpaired) electrons. The van der Waals surface area contributed by atoms with Gasteiger partial charge in [0.05, 0.1) is 11.6 Å². The first-order valence-electron chi connectivity index (χ1n) is 6.01. The van der Waals surface area contributed by atoms with Crippen LogP contribution in [0.25, 0.3) is 22.1 Å². The first kappa shape index (κ1) is 12.2. The first-order valence-corrected chi connectivity index (χ1v) is 6.39. The van der Waals surface area contributed by atoms with Gasteiger partial charge in [0.1, 0.15) is 11.3 Å². The van der Waals surface area contributed by atoms with Crippen LogP contribution in [0.5, 0.6) is 0 Å². The monoisotopic (exact) mass is 273 g/mol. The average Bonchev–Trinajstić information content (AvgIpc) is 2.81. The zero-order valence-corrected chi connectivity index (χ0v) is 10.9. The molecule has 0 unspecified atom stereocenters. The molecule has 1 N–H and O–H groups in total. The maximum Gasteiger partial charge on any atom is 0.134 e. The molecule has 0 saturated carbocycles. The standard InChI is InChI=1S/C15H12ClNO2/c16-14-9-17-5-3-13(14)10-1-2-15-11(7-10)8-12(19-15)4-6-18/h1-3,5,7-9,18H,4,6H2. The molecule has 2 aromatic heterocycles. The predicted molar refractivity (Wildman–Crippen MR) is 75.2 cm³/mol. The molecule has 0 spiro atoms. The van der Waals surface area contributed by atoms with Crippen molar-refractivity contribution in [2.45, 2.75) is 6.42 Å². The highest BCUT2D eigenvalue weighted by Crippen LogP contribution is 2.30. The Bertz CT molecular complexity index is 721. The topological polar surface area (TPSA) is 46.3 Å². The zero-order chi connectivity index (χ0) is 13.2. The van der Waals surface area contributed by atoms with E-state index in [0.717, 1.165) is 27.9 Å². The van der Waals surface area contributed by atoms with Crippen molar-refractivity contribution in [3.63, 3.8) is 0 Å². The highest BCUT2D eigenvalue weighted by molar-refractivity contribution is 6.33. The summed E-state index contributed by atoms with van der Waals surface area (Å²) in [7, 11) is 0. The summed E-state index contributed by atoms with van der Waals surface area (Å²) in [4.78, 5) is 3.98. The van der Waals surface area contributed by atoms with Crippen LogP contribution in [0.3, 0.4) is 0 Å². The molecule has 0 saturated heterocycles. The number of furan rings is 1. The smallest absolute Gasteiger partial charge is 0.134 e. The lowest BCUT2D eigenvalue weighted by Crippen LogP contribution is -1.85. The predicted octanol–water partition coefficient (Wildman–Crippen LogP) is 3.68. The number of rotatable bonds is 3. The molecule has 3 rings (SSSR count). The lowest BCUT2D eigenvalue weighted by Gasteiger charge is -2.03. The Hall–Kier alpha value is -1.84. The number of hydrogen-bond acceptors (Lipinski definition) is 3. The summed E-state index contributed by atoms with van der Waals surface area (Å²) in [5, 5.41) is 10.6. The Morgan fingerprint density at radius 1 is 1.21 bits per heavy atom. The molecule has 2 heterocycles. The summed E-state index contributed by atoms with van der Waals surface area (Å²) in [6.45, 7) is 0.0862. The second-order valence-electron chi connectivity index (χ2n) is 4.29. The van der Waals surface area contributed by atoms with Crippen LogP contribution in [0.2, 0.25) is 5.02 Å². The lowest BCUT2D eigenvalue weighted by molar-refractivity contribution is 0.289. The minimum atomic E-state index is 0.0862. The van der Waals surface area contributed by atoms with E-state index in [-0.39, 0.29) is 6.61 Å². The molecule has 0 aliphatic carbocycles. The van der Waals surface area contributed by atoms with Gasteiger partial charge in [0.25, 0.3) is 0 Å². The Kier molecular flexibility index (Phi) is 3.23. The summed E-state index contributed by atoms with van der Waals surface area (Å²) in [6, 6.07) is 9.75. The van der Waals surface area contributed by atoms with Gasteiger partial charge in [0, 0.05) is 29.8 Å². The van der Waals surface area contributed by atoms with Gasteiger partial charge in [-0.2, -0.15) is 0 Å². The van der Waals surface area contributed by atoms with Gasteiger partial charge in [-0.05, 0) is 29.8 Å². The summed E-state index contributed by atoms with van der Waals surface area (Å²) in [5.41, 5.74) is 2.79. The SMILES string of the molecule is OCCc1cc2cc(-c3ccncc3Cl)ccc2o1. The molecule has 4 heteroatoms. The fraction of sp³-hybridized carbons (Fsp3) is 0.133. The highest BCUT2D eigenvalue weighted by Gasteiger charge is 2.07. The van der Waals surface area contributed by atoms with Crippen LogP contribution in [0.1, 0.15) is 5.76 Å². The quantitative estimate of drug-likeness (QED) is 0.792. The number of nitrogens with zero attached hydrogens (tertiary/aromatic N) is 1. The van der Waals surface area contributed by atoms with Gasteiger partial charge < -0.3 is 9.52 Å². The molecule has 0 atom stereocenters. The third-order valence-electron chi connectivity index (χ3n) is 3.01. The molecule has 0 amide bonds. The molecule has 3 aromatic rings. The van der Waals surface area contributed by atoms with Crippen molar-refractivity contribution in [1.29, 1.82) is 0 Å². The molecule has 0 fully saturated rings. The highest BCUT2D eigenvalue weighted by atomic mass is 35.5. The molecule has 0 bridgehead atoms. The van der Waals surface area contributed by atoms with E-state index in [4.69, 9.17) is 21.1 Å². The number of aliphatic hydroxyl groups is 1. The fourth-order valence-corrected chi connectivity index (χ4v) is 2.34. The van der Waals surface area contributed by atoms with Crippen molar-refractivity contribution in [3.05, 3.63) is 53.5 Å².